The normalized spacial score (nSPS) is 17.7. The molecular weight excluding hydrogens is 1740 g/mol. The number of carboxylic acid groups (broad SMARTS) is 2. The molecule has 0 saturated heterocycles. The number of halogens is 6. The maximum absolute atomic E-state index is 14.3. The highest BCUT2D eigenvalue weighted by Crippen LogP contribution is 2.50. The first-order valence-electron chi connectivity index (χ1n) is 41.5. The first-order chi connectivity index (χ1) is 60.9. The number of amides is 6. The summed E-state index contributed by atoms with van der Waals surface area (Å²) in [6.45, 7) is 19.2. The molecule has 8 N–H and O–H groups in total. The van der Waals surface area contributed by atoms with Crippen molar-refractivity contribution < 1.29 is 66.9 Å². The van der Waals surface area contributed by atoms with Gasteiger partial charge in [0.1, 0.15) is 34.1 Å². The summed E-state index contributed by atoms with van der Waals surface area (Å²) in [6.07, 6.45) is 17.3. The molecule has 4 aromatic carbocycles. The molecule has 4 aliphatic carbocycles. The van der Waals surface area contributed by atoms with Crippen molar-refractivity contribution in [1.29, 1.82) is 10.5 Å². The third-order valence-corrected chi connectivity index (χ3v) is 23.3. The zero-order chi connectivity index (χ0) is 94.0. The Morgan fingerprint density at radius 1 is 0.512 bits per heavy atom. The number of hydrogen-bond donors (Lipinski definition) is 7. The molecule has 4 saturated carbocycles. The fraction of sp³-hybridized carbons (Fsp3) is 0.351. The summed E-state index contributed by atoms with van der Waals surface area (Å²) in [6, 6.07) is 44.5. The highest BCUT2D eigenvalue weighted by molar-refractivity contribution is 6.36. The Kier molecular flexibility index (Phi) is 29.8. The van der Waals surface area contributed by atoms with E-state index in [0.717, 1.165) is 80.3 Å². The number of aromatic carboxylic acids is 1. The summed E-state index contributed by atoms with van der Waals surface area (Å²) in [4.78, 5) is 139. The van der Waals surface area contributed by atoms with Crippen LogP contribution in [-0.4, -0.2) is 114 Å². The summed E-state index contributed by atoms with van der Waals surface area (Å²) < 4.78 is 36.0. The Labute approximate surface area is 764 Å². The van der Waals surface area contributed by atoms with Gasteiger partial charge in [-0.05, 0) is 201 Å². The van der Waals surface area contributed by atoms with Gasteiger partial charge in [0.05, 0.1) is 124 Å². The summed E-state index contributed by atoms with van der Waals surface area (Å²) in [7, 11) is 0. The second-order valence-electron chi connectivity index (χ2n) is 34.4. The van der Waals surface area contributed by atoms with Crippen LogP contribution in [0.4, 0.5) is 32.1 Å². The summed E-state index contributed by atoms with van der Waals surface area (Å²) in [5.41, 5.74) is 7.90. The van der Waals surface area contributed by atoms with Crippen LogP contribution < -0.4 is 36.8 Å². The largest absolute Gasteiger partial charge is 0.481 e. The van der Waals surface area contributed by atoms with Crippen molar-refractivity contribution in [1.82, 2.24) is 60.3 Å². The lowest BCUT2D eigenvalue weighted by Crippen LogP contribution is -2.49. The predicted molar refractivity (Wildman–Crippen MR) is 479 cm³/mol. The molecule has 0 spiro atoms. The standard InChI is InChI=1S/C32H26Cl2FN7O3.C21H13Cl2FN4O3.2C12H16N2O.C9H16O4.C8H10N2/c1-18(27(43)40-32(10-11-32)25-5-3-4-12-37-25)39-28(44)24-17-38-30-41(21-13-22(33)26(35)23(34)14-21)29(45)31(2,42(24)30)15-19-6-8-20(16-36)9-7-19;1-21(8-11-2-4-12(9-25)5-3-11)19(31)27(13-6-14(22)17(24)15(23)7-13)20-26-10-16(18(29)30)28(20)21;2*1-9(2)11(15)14-12(6-7-12)10-5-3-4-8-13-10;1-6(8(11)12)5-7(10)13-9(2,3)4;9-8(4-5-8)7-3-1-2-6-10-7/h3-9,12-14,17-18H,10-11,15H2,1-2H3,(H,39,44)(H,40,43);2-7,10H,8H2,1H3,(H,29,30);2*3-5,8-9H,6-7H2,1-2H3,(H,14,15);6H,5H2,1-4H3,(H,11,12);1-3,6H,4-5,9H2/t18-,31+;21-;;;6-;/m01..1./s1. The third-order valence-electron chi connectivity index (χ3n) is 22.2. The van der Waals surface area contributed by atoms with E-state index >= 15 is 0 Å². The monoisotopic (exact) mass is 1830 g/mol. The lowest BCUT2D eigenvalue weighted by atomic mass is 9.91. The number of imidazole rings is 2. The molecule has 4 atom stereocenters. The average molecular weight is 1840 g/mol. The van der Waals surface area contributed by atoms with E-state index in [0.29, 0.717) is 22.3 Å². The molecule has 16 rings (SSSR count). The average Bonchev–Trinajstić information content (AvgIpc) is 1.55. The fourth-order valence-electron chi connectivity index (χ4n) is 14.3. The second-order valence-corrected chi connectivity index (χ2v) is 36.0. The highest BCUT2D eigenvalue weighted by Gasteiger charge is 2.55. The minimum atomic E-state index is -1.40. The highest BCUT2D eigenvalue weighted by atomic mass is 35.5. The lowest BCUT2D eigenvalue weighted by Gasteiger charge is -2.27. The summed E-state index contributed by atoms with van der Waals surface area (Å²) in [5, 5.41) is 47.2. The van der Waals surface area contributed by atoms with Gasteiger partial charge in [-0.15, -0.1) is 0 Å². The van der Waals surface area contributed by atoms with Crippen molar-refractivity contribution in [3.63, 3.8) is 0 Å². The number of carbonyl (C=O) groups excluding carboxylic acids is 7. The Balaban J connectivity index is 0.000000164. The quantitative estimate of drug-likeness (QED) is 0.0245. The maximum Gasteiger partial charge on any atom is 0.354 e. The van der Waals surface area contributed by atoms with Crippen molar-refractivity contribution in [2.75, 3.05) is 9.80 Å². The molecule has 35 heteroatoms. The number of rotatable bonds is 22. The molecule has 6 amide bonds. The molecule has 0 radical (unpaired) electrons. The van der Waals surface area contributed by atoms with Crippen molar-refractivity contribution in [2.45, 2.75) is 192 Å². The van der Waals surface area contributed by atoms with E-state index in [1.807, 2.05) is 100 Å². The Bertz CT molecular complexity index is 5820. The maximum atomic E-state index is 14.3. The number of aliphatic carboxylic acids is 1. The van der Waals surface area contributed by atoms with Crippen molar-refractivity contribution >= 4 is 123 Å². The minimum Gasteiger partial charge on any atom is -0.481 e. The molecule has 672 valence electrons. The van der Waals surface area contributed by atoms with E-state index in [1.165, 1.54) is 56.3 Å². The zero-order valence-electron chi connectivity index (χ0n) is 72.6. The van der Waals surface area contributed by atoms with Gasteiger partial charge in [0.15, 0.2) is 11.6 Å². The molecule has 6 aromatic heterocycles. The van der Waals surface area contributed by atoms with Gasteiger partial charge < -0.3 is 42.0 Å². The van der Waals surface area contributed by atoms with Crippen LogP contribution in [0.1, 0.15) is 200 Å². The van der Waals surface area contributed by atoms with Gasteiger partial charge in [-0.2, -0.15) is 10.5 Å². The third kappa shape index (κ3) is 22.6. The number of carboxylic acids is 2. The number of aromatic nitrogens is 8. The van der Waals surface area contributed by atoms with Crippen LogP contribution in [0.3, 0.4) is 0 Å². The topological polar surface area (TPSA) is 419 Å². The number of esters is 1. The molecule has 0 bridgehead atoms. The number of ether oxygens (including phenoxy) is 1. The fourth-order valence-corrected chi connectivity index (χ4v) is 15.3. The Hall–Kier alpha value is -12.9. The van der Waals surface area contributed by atoms with Gasteiger partial charge in [-0.1, -0.05) is 130 Å². The van der Waals surface area contributed by atoms with Crippen LogP contribution in [0.15, 0.2) is 183 Å². The number of hydrogen-bond acceptors (Lipinski definition) is 19. The van der Waals surface area contributed by atoms with E-state index in [2.05, 4.69) is 57.2 Å². The molecule has 10 aromatic rings. The minimum absolute atomic E-state index is 0.0295. The predicted octanol–water partition coefficient (Wildman–Crippen LogP) is 15.8. The van der Waals surface area contributed by atoms with E-state index < -0.39 is 81.4 Å². The smallest absolute Gasteiger partial charge is 0.354 e. The Morgan fingerprint density at radius 3 is 1.16 bits per heavy atom. The first-order valence-corrected chi connectivity index (χ1v) is 43.0. The number of nitriles is 2. The molecule has 29 nitrogen and oxygen atoms in total. The van der Waals surface area contributed by atoms with Gasteiger partial charge in [0.25, 0.3) is 17.7 Å². The first kappa shape index (κ1) is 96.7. The number of fused-ring (bicyclic) bond motifs is 2. The zero-order valence-corrected chi connectivity index (χ0v) is 75.6. The number of pyridine rings is 4. The number of nitrogens with two attached hydrogens (primary N) is 1. The van der Waals surface area contributed by atoms with Crippen molar-refractivity contribution in [2.24, 2.45) is 23.5 Å². The summed E-state index contributed by atoms with van der Waals surface area (Å²) >= 11 is 24.0. The number of nitrogens with zero attached hydrogens (tertiary/aromatic N) is 12. The second kappa shape index (κ2) is 39.8. The molecule has 8 heterocycles. The van der Waals surface area contributed by atoms with Gasteiger partial charge >= 0.3 is 17.9 Å². The number of anilines is 4. The van der Waals surface area contributed by atoms with E-state index in [-0.39, 0.29) is 120 Å². The van der Waals surface area contributed by atoms with Crippen LogP contribution in [0, 0.1) is 52.1 Å². The molecular formula is C94H97Cl4F2N17O12. The van der Waals surface area contributed by atoms with Crippen molar-refractivity contribution in [3.8, 4) is 12.1 Å². The molecule has 2 aliphatic heterocycles. The van der Waals surface area contributed by atoms with Crippen LogP contribution in [-0.2, 0) is 84.4 Å². The van der Waals surface area contributed by atoms with E-state index in [9.17, 15) is 62.3 Å². The SMILES string of the molecule is CC(C)C(=O)NC1(c2ccccn2)CC1.CC(C)C(=O)NC1(c2ccccn2)CC1.C[C@@]1(Cc2ccc(C#N)cc2)C(=O)N(c2cc(Cl)c(F)c(Cl)c2)c2ncc(C(=O)O)n21.C[C@H](CC(=O)OC(C)(C)C)C(=O)O.C[C@H](NC(=O)c1cnc2n1[C@](C)(Cc1ccc(C#N)cc1)C(=O)N2c1cc(Cl)c(F)c(Cl)c1)C(=O)NC1(c2ccccn2)CC1.NC1(c2ccccn2)CC1. The van der Waals surface area contributed by atoms with E-state index in [4.69, 9.17) is 67.2 Å². The number of carbonyl (C=O) groups is 9. The Morgan fingerprint density at radius 2 is 0.853 bits per heavy atom. The van der Waals surface area contributed by atoms with E-state index in [1.54, 1.807) is 121 Å². The van der Waals surface area contributed by atoms with Crippen LogP contribution in [0.2, 0.25) is 20.1 Å². The van der Waals surface area contributed by atoms with Gasteiger partial charge in [-0.3, -0.25) is 67.4 Å². The lowest BCUT2D eigenvalue weighted by molar-refractivity contribution is -0.159. The van der Waals surface area contributed by atoms with Gasteiger partial charge in [-0.25, -0.2) is 33.3 Å². The van der Waals surface area contributed by atoms with Gasteiger partial charge in [0.2, 0.25) is 29.6 Å². The van der Waals surface area contributed by atoms with Crippen molar-refractivity contribution in [3.05, 3.63) is 271 Å². The van der Waals surface area contributed by atoms with Gasteiger partial charge in [0, 0.05) is 49.5 Å². The van der Waals surface area contributed by atoms with Crippen LogP contribution >= 0.6 is 46.4 Å². The molecule has 129 heavy (non-hydrogen) atoms. The van der Waals surface area contributed by atoms with Crippen LogP contribution in [0.25, 0.3) is 0 Å². The molecule has 6 aliphatic rings. The summed E-state index contributed by atoms with van der Waals surface area (Å²) in [5.74, 6) is -6.60. The number of benzene rings is 4. The molecule has 0 unspecified atom stereocenters. The van der Waals surface area contributed by atoms with Crippen LogP contribution in [0.5, 0.6) is 0 Å². The number of nitrogens with one attached hydrogen (secondary N) is 4. The molecule has 4 fully saturated rings.